The third-order valence-corrected chi connectivity index (χ3v) is 4.11. The number of nitrogens with two attached hydrogens (primary N) is 1. The zero-order valence-electron chi connectivity index (χ0n) is 10.9. The number of nitrogens with zero attached hydrogens (tertiary/aromatic N) is 2. The van der Waals surface area contributed by atoms with Crippen LogP contribution in [0.2, 0.25) is 0 Å². The van der Waals surface area contributed by atoms with Crippen molar-refractivity contribution in [2.24, 2.45) is 0 Å². The van der Waals surface area contributed by atoms with Gasteiger partial charge in [0.15, 0.2) is 0 Å². The number of anilines is 1. The Labute approximate surface area is 120 Å². The summed E-state index contributed by atoms with van der Waals surface area (Å²) in [6, 6.07) is 4.96. The van der Waals surface area contributed by atoms with Crippen LogP contribution >= 0.6 is 11.3 Å². The maximum absolute atomic E-state index is 12.3. The predicted molar refractivity (Wildman–Crippen MR) is 76.8 cm³/mol. The van der Waals surface area contributed by atoms with E-state index in [-0.39, 0.29) is 11.8 Å². The lowest BCUT2D eigenvalue weighted by molar-refractivity contribution is 0.0656. The molecule has 1 aromatic heterocycles. The molecule has 2 aromatic rings. The van der Waals surface area contributed by atoms with Crippen molar-refractivity contribution in [1.29, 1.82) is 0 Å². The van der Waals surface area contributed by atoms with Gasteiger partial charge in [0.05, 0.1) is 21.8 Å². The van der Waals surface area contributed by atoms with Crippen molar-refractivity contribution in [3.63, 3.8) is 0 Å². The largest absolute Gasteiger partial charge is 0.398 e. The number of hydrogen-bond donors (Lipinski definition) is 1. The van der Waals surface area contributed by atoms with E-state index in [1.165, 1.54) is 4.90 Å². The van der Waals surface area contributed by atoms with Crippen molar-refractivity contribution >= 4 is 28.8 Å². The number of carbonyl (C=O) groups is 2. The molecule has 3 rings (SSSR count). The van der Waals surface area contributed by atoms with Gasteiger partial charge < -0.3 is 5.73 Å². The molecule has 5 nitrogen and oxygen atoms in total. The van der Waals surface area contributed by atoms with Crippen LogP contribution in [0.15, 0.2) is 23.6 Å². The number of nitrogen functional groups attached to an aromatic ring is 1. The number of aryl methyl sites for hydroxylation is 1. The summed E-state index contributed by atoms with van der Waals surface area (Å²) in [5.74, 6) is -0.584. The lowest BCUT2D eigenvalue weighted by Gasteiger charge is -2.12. The molecular formula is C14H13N3O2S. The third kappa shape index (κ3) is 1.98. The molecule has 0 aliphatic carbocycles. The van der Waals surface area contributed by atoms with Gasteiger partial charge in [-0.3, -0.25) is 14.5 Å². The minimum Gasteiger partial charge on any atom is -0.398 e. The Balaban J connectivity index is 1.81. The van der Waals surface area contributed by atoms with Gasteiger partial charge in [-0.15, -0.1) is 11.3 Å². The second-order valence-electron chi connectivity index (χ2n) is 4.64. The molecule has 6 heteroatoms. The summed E-state index contributed by atoms with van der Waals surface area (Å²) < 4.78 is 0. The smallest absolute Gasteiger partial charge is 0.263 e. The van der Waals surface area contributed by atoms with E-state index in [0.717, 1.165) is 10.7 Å². The molecular weight excluding hydrogens is 274 g/mol. The first-order valence-corrected chi connectivity index (χ1v) is 7.11. The van der Waals surface area contributed by atoms with E-state index >= 15 is 0 Å². The van der Waals surface area contributed by atoms with Crippen LogP contribution in [-0.4, -0.2) is 28.2 Å². The van der Waals surface area contributed by atoms with Gasteiger partial charge in [0.2, 0.25) is 0 Å². The van der Waals surface area contributed by atoms with E-state index < -0.39 is 0 Å². The van der Waals surface area contributed by atoms with Crippen LogP contribution in [0.3, 0.4) is 0 Å². The van der Waals surface area contributed by atoms with Crippen LogP contribution in [-0.2, 0) is 6.42 Å². The van der Waals surface area contributed by atoms with Crippen molar-refractivity contribution in [2.75, 3.05) is 12.3 Å². The molecule has 0 atom stereocenters. The number of fused-ring (bicyclic) bond motifs is 1. The SMILES string of the molecule is Cc1nc(CCN2C(=O)c3cccc(N)c3C2=O)cs1. The first-order chi connectivity index (χ1) is 9.58. The highest BCUT2D eigenvalue weighted by molar-refractivity contribution is 7.09. The normalized spacial score (nSPS) is 13.9. The van der Waals surface area contributed by atoms with E-state index in [0.29, 0.717) is 29.8 Å². The fourth-order valence-electron chi connectivity index (χ4n) is 2.31. The number of benzene rings is 1. The lowest BCUT2D eigenvalue weighted by atomic mass is 10.1. The van der Waals surface area contributed by atoms with Crippen LogP contribution in [0.25, 0.3) is 0 Å². The van der Waals surface area contributed by atoms with Gasteiger partial charge in [-0.1, -0.05) is 6.07 Å². The Morgan fingerprint density at radius 2 is 2.10 bits per heavy atom. The van der Waals surface area contributed by atoms with Crippen molar-refractivity contribution in [3.8, 4) is 0 Å². The molecule has 102 valence electrons. The van der Waals surface area contributed by atoms with E-state index in [1.807, 2.05) is 12.3 Å². The van der Waals surface area contributed by atoms with Gasteiger partial charge in [-0.25, -0.2) is 4.98 Å². The molecule has 1 aliphatic heterocycles. The number of aromatic nitrogens is 1. The Bertz CT molecular complexity index is 708. The van der Waals surface area contributed by atoms with Crippen LogP contribution in [0.1, 0.15) is 31.4 Å². The maximum Gasteiger partial charge on any atom is 0.263 e. The molecule has 0 saturated carbocycles. The van der Waals surface area contributed by atoms with Crippen LogP contribution in [0.5, 0.6) is 0 Å². The summed E-state index contributed by atoms with van der Waals surface area (Å²) in [7, 11) is 0. The van der Waals surface area contributed by atoms with Crippen molar-refractivity contribution < 1.29 is 9.59 Å². The molecule has 2 heterocycles. The highest BCUT2D eigenvalue weighted by Crippen LogP contribution is 2.27. The number of amides is 2. The van der Waals surface area contributed by atoms with Crippen molar-refractivity contribution in [2.45, 2.75) is 13.3 Å². The minimum atomic E-state index is -0.310. The molecule has 20 heavy (non-hydrogen) atoms. The topological polar surface area (TPSA) is 76.3 Å². The summed E-state index contributed by atoms with van der Waals surface area (Å²) >= 11 is 1.56. The molecule has 0 spiro atoms. The van der Waals surface area contributed by atoms with E-state index in [1.54, 1.807) is 29.5 Å². The molecule has 0 saturated heterocycles. The Kier molecular flexibility index (Phi) is 3.02. The molecule has 1 aliphatic rings. The Hall–Kier alpha value is -2.21. The summed E-state index contributed by atoms with van der Waals surface area (Å²) in [5, 5.41) is 2.92. The van der Waals surface area contributed by atoms with Gasteiger partial charge in [0.1, 0.15) is 0 Å². The predicted octanol–water partition coefficient (Wildman–Crippen LogP) is 1.87. The van der Waals surface area contributed by atoms with Gasteiger partial charge in [-0.05, 0) is 19.1 Å². The van der Waals surface area contributed by atoms with E-state index in [4.69, 9.17) is 5.73 Å². The van der Waals surface area contributed by atoms with Crippen molar-refractivity contribution in [3.05, 3.63) is 45.4 Å². The first kappa shape index (κ1) is 12.8. The summed E-state index contributed by atoms with van der Waals surface area (Å²) in [4.78, 5) is 30.1. The fourth-order valence-corrected chi connectivity index (χ4v) is 2.96. The molecule has 2 N–H and O–H groups in total. The van der Waals surface area contributed by atoms with Crippen LogP contribution in [0.4, 0.5) is 5.69 Å². The summed E-state index contributed by atoms with van der Waals surface area (Å²) in [5.41, 5.74) is 7.76. The quantitative estimate of drug-likeness (QED) is 0.690. The molecule has 1 aromatic carbocycles. The molecule has 0 radical (unpaired) electrons. The highest BCUT2D eigenvalue weighted by Gasteiger charge is 2.36. The Morgan fingerprint density at radius 3 is 2.75 bits per heavy atom. The zero-order valence-corrected chi connectivity index (χ0v) is 11.7. The maximum atomic E-state index is 12.3. The fraction of sp³-hybridized carbons (Fsp3) is 0.214. The average Bonchev–Trinajstić information content (AvgIpc) is 2.93. The number of imide groups is 1. The first-order valence-electron chi connectivity index (χ1n) is 6.23. The van der Waals surface area contributed by atoms with Gasteiger partial charge >= 0.3 is 0 Å². The summed E-state index contributed by atoms with van der Waals surface area (Å²) in [6.45, 7) is 2.26. The highest BCUT2D eigenvalue weighted by atomic mass is 32.1. The third-order valence-electron chi connectivity index (χ3n) is 3.29. The van der Waals surface area contributed by atoms with Gasteiger partial charge in [0.25, 0.3) is 11.8 Å². The lowest BCUT2D eigenvalue weighted by Crippen LogP contribution is -2.31. The molecule has 0 fully saturated rings. The monoisotopic (exact) mass is 287 g/mol. The zero-order chi connectivity index (χ0) is 14.3. The number of thiazole rings is 1. The van der Waals surface area contributed by atoms with E-state index in [9.17, 15) is 9.59 Å². The second-order valence-corrected chi connectivity index (χ2v) is 5.70. The number of carbonyl (C=O) groups excluding carboxylic acids is 2. The van der Waals surface area contributed by atoms with E-state index in [2.05, 4.69) is 4.98 Å². The van der Waals surface area contributed by atoms with Crippen molar-refractivity contribution in [1.82, 2.24) is 9.88 Å². The minimum absolute atomic E-state index is 0.274. The molecule has 2 amide bonds. The standard InChI is InChI=1S/C14H13N3O2S/c1-8-16-9(7-20-8)5-6-17-13(18)10-3-2-4-11(15)12(10)14(17)19/h2-4,7H,5-6,15H2,1H3. The van der Waals surface area contributed by atoms with Gasteiger partial charge in [0, 0.05) is 24.0 Å². The molecule has 0 bridgehead atoms. The average molecular weight is 287 g/mol. The number of rotatable bonds is 3. The van der Waals surface area contributed by atoms with Crippen LogP contribution < -0.4 is 5.73 Å². The number of hydrogen-bond acceptors (Lipinski definition) is 5. The Morgan fingerprint density at radius 1 is 1.30 bits per heavy atom. The van der Waals surface area contributed by atoms with Gasteiger partial charge in [-0.2, -0.15) is 0 Å². The molecule has 0 unspecified atom stereocenters. The van der Waals surface area contributed by atoms with Crippen LogP contribution in [0, 0.1) is 6.92 Å². The summed E-state index contributed by atoms with van der Waals surface area (Å²) in [6.07, 6.45) is 0.565. The second kappa shape index (κ2) is 4.72.